The third-order valence-electron chi connectivity index (χ3n) is 13.4. The van der Waals surface area contributed by atoms with E-state index >= 15 is 0 Å². The molecule has 606 valence electrons. The molecular weight excluding hydrogens is 1610 g/mol. The number of methoxy groups -OCH3 is 2. The zero-order valence-corrected chi connectivity index (χ0v) is 73.5. The minimum absolute atomic E-state index is 0. The molecule has 0 fully saturated rings. The molecule has 0 atom stereocenters. The topological polar surface area (TPSA) is 368 Å². The fraction of sp³-hybridized carbons (Fsp3) is 0.253. The zero-order chi connectivity index (χ0) is 82.5. The summed E-state index contributed by atoms with van der Waals surface area (Å²) in [5.74, 6) is 4.51. The average molecular weight is 1710 g/mol. The number of aromatic hydroxyl groups is 2. The maximum Gasteiger partial charge on any atom is 1.00 e. The molecule has 3 N–H and O–H groups in total. The Morgan fingerprint density at radius 3 is 0.861 bits per heavy atom. The van der Waals surface area contributed by atoms with Crippen LogP contribution in [0, 0.1) is 0 Å². The van der Waals surface area contributed by atoms with Crippen LogP contribution in [0.15, 0.2) is 241 Å². The Bertz CT molecular complexity index is 4150. The van der Waals surface area contributed by atoms with Gasteiger partial charge in [0, 0.05) is 11.1 Å². The van der Waals surface area contributed by atoms with Crippen LogP contribution in [0.25, 0.3) is 0 Å². The predicted octanol–water partition coefficient (Wildman–Crippen LogP) is 6.67. The van der Waals surface area contributed by atoms with Crippen molar-refractivity contribution in [2.24, 2.45) is 10.3 Å². The van der Waals surface area contributed by atoms with Crippen molar-refractivity contribution >= 4 is 63.7 Å². The van der Waals surface area contributed by atoms with Crippen LogP contribution < -0.4 is 155 Å². The van der Waals surface area contributed by atoms with Crippen LogP contribution in [0.1, 0.15) is 51.4 Å². The Hall–Kier alpha value is -9.95. The number of carbonyl (C=O) groups excluding carboxylic acids is 5. The summed E-state index contributed by atoms with van der Waals surface area (Å²) in [6.45, 7) is 9.03. The SMILES string of the molecule is CCOC(=O)CBr.CCOC(=O)COc1ccc(O)cc1.CCOC(=O)COc1ccc(OC)cc1.CCOC(=O)COc1ccc(OCc2ccc(OC/C(=N\OC)c3ccccc3)cc2)cc1.CO/N=C(\COc1ccc(COc2ccc(OCC(=O)O)cc2)cc1)c1ccccc1.COc1ccc(O)cc1.O=CO[O-].[H-].[K+].[K+]. The Morgan fingerprint density at radius 2 is 0.609 bits per heavy atom. The number of rotatable bonds is 36. The molecule has 0 aliphatic heterocycles. The van der Waals surface area contributed by atoms with Crippen LogP contribution in [-0.2, 0) is 75.5 Å². The second kappa shape index (κ2) is 65.3. The van der Waals surface area contributed by atoms with E-state index in [4.69, 9.17) is 91.9 Å². The number of oxime groups is 2. The van der Waals surface area contributed by atoms with Gasteiger partial charge in [0.05, 0.1) is 40.6 Å². The van der Waals surface area contributed by atoms with Gasteiger partial charge in [-0.25, -0.2) is 19.2 Å². The fourth-order valence-corrected chi connectivity index (χ4v) is 8.41. The molecule has 9 aromatic carbocycles. The smallest absolute Gasteiger partial charge is 1.00 e. The molecular formula is C83H93BrK2N2O27. The summed E-state index contributed by atoms with van der Waals surface area (Å²) in [6.07, 6.45) is 0. The summed E-state index contributed by atoms with van der Waals surface area (Å²) in [5.41, 5.74) is 5.27. The molecule has 32 heteroatoms. The van der Waals surface area contributed by atoms with Gasteiger partial charge in [-0.05, 0) is 184 Å². The van der Waals surface area contributed by atoms with Crippen LogP contribution in [0.5, 0.6) is 69.0 Å². The Labute approximate surface area is 762 Å². The molecule has 0 unspecified atom stereocenters. The standard InChI is InChI=1S/C26H27NO6.C24H23NO6.C11H14O4.C10H12O4.C7H8O2.C4H7BrO2.CH2O3.2K.H/c1-3-30-26(28)19-33-24-15-13-23(14-16-24)31-17-20-9-11-22(12-10-20)32-18-25(27-29-2)21-7-5-4-6-8-21;1-28-25-23(19-5-3-2-4-6-19)16-30-20-9-7-18(8-10-20)15-29-21-11-13-22(14-12-21)31-17-24(26)27;1-3-14-11(12)8-15-10-6-4-9(13-2)5-7-10;1-2-13-10(12)7-14-9-5-3-8(11)4-6-9;1-9-7-4-2-6(8)3-5-7;1-2-7-4(6)3-5;2-1-4-3;;;/h4-16H,3,17-19H2,1-2H3;2-14H,15-17H2,1H3,(H,26,27);4-7H,3,8H2,1-2H3;3-6,11H,2,7H2,1H3;2-5,8H,1H3;2-3H2,1H3;1,3H;;;/q;;;;;;;2*+1;-1/p-1/b27-25+;25-23+;;;;;;;;. The van der Waals surface area contributed by atoms with Gasteiger partial charge in [0.2, 0.25) is 0 Å². The summed E-state index contributed by atoms with van der Waals surface area (Å²) >= 11 is 2.94. The van der Waals surface area contributed by atoms with Crippen molar-refractivity contribution in [3.05, 3.63) is 253 Å². The van der Waals surface area contributed by atoms with Crippen molar-refractivity contribution in [1.29, 1.82) is 0 Å². The molecule has 0 radical (unpaired) electrons. The fourth-order valence-electron chi connectivity index (χ4n) is 8.25. The third kappa shape index (κ3) is 48.8. The maximum absolute atomic E-state index is 11.3. The van der Waals surface area contributed by atoms with E-state index in [1.54, 1.807) is 151 Å². The predicted molar refractivity (Wildman–Crippen MR) is 419 cm³/mol. The van der Waals surface area contributed by atoms with E-state index in [2.05, 4.69) is 40.6 Å². The number of benzene rings is 9. The van der Waals surface area contributed by atoms with Gasteiger partial charge >= 0.3 is 133 Å². The van der Waals surface area contributed by atoms with Gasteiger partial charge in [-0.1, -0.05) is 111 Å². The maximum atomic E-state index is 11.3. The van der Waals surface area contributed by atoms with E-state index in [-0.39, 0.29) is 174 Å². The molecule has 0 saturated heterocycles. The summed E-state index contributed by atoms with van der Waals surface area (Å²) in [6, 6.07) is 68.3. The van der Waals surface area contributed by atoms with E-state index in [9.17, 15) is 24.0 Å². The van der Waals surface area contributed by atoms with E-state index in [0.29, 0.717) is 96.6 Å². The van der Waals surface area contributed by atoms with Crippen molar-refractivity contribution in [3.63, 3.8) is 0 Å². The molecule has 0 amide bonds. The first-order valence-corrected chi connectivity index (χ1v) is 35.6. The molecule has 29 nitrogen and oxygen atoms in total. The Kier molecular flexibility index (Phi) is 58.6. The number of hydrogen-bond donors (Lipinski definition) is 3. The number of hydrogen-bond acceptors (Lipinski definition) is 28. The number of phenolic OH excluding ortho intramolecular Hbond substituents is 2. The number of nitrogens with zero attached hydrogens (tertiary/aromatic N) is 2. The van der Waals surface area contributed by atoms with Crippen molar-refractivity contribution in [2.45, 2.75) is 40.9 Å². The number of phenols is 2. The molecule has 0 bridgehead atoms. The summed E-state index contributed by atoms with van der Waals surface area (Å²) in [4.78, 5) is 75.0. The van der Waals surface area contributed by atoms with Gasteiger partial charge in [0.15, 0.2) is 26.4 Å². The molecule has 0 aliphatic carbocycles. The second-order valence-electron chi connectivity index (χ2n) is 21.5. The Morgan fingerprint density at radius 1 is 0.365 bits per heavy atom. The molecule has 9 aromatic rings. The molecule has 0 spiro atoms. The van der Waals surface area contributed by atoms with Gasteiger partial charge in [0.25, 0.3) is 6.47 Å². The second-order valence-corrected chi connectivity index (χ2v) is 22.1. The van der Waals surface area contributed by atoms with Gasteiger partial charge in [0.1, 0.15) is 126 Å². The van der Waals surface area contributed by atoms with E-state index in [0.717, 1.165) is 39.5 Å². The Balaban J connectivity index is 0.00000145. The molecule has 0 heterocycles. The van der Waals surface area contributed by atoms with Gasteiger partial charge < -0.3 is 103 Å². The average Bonchev–Trinajstić information content (AvgIpc) is 0.881. The molecule has 0 aromatic heterocycles. The zero-order valence-electron chi connectivity index (χ0n) is 66.6. The monoisotopic (exact) mass is 1710 g/mol. The first-order chi connectivity index (χ1) is 54.8. The number of aliphatic carboxylic acids is 1. The quantitative estimate of drug-likeness (QED) is 0.00539. The summed E-state index contributed by atoms with van der Waals surface area (Å²) in [5, 5.41) is 43.2. The largest absolute Gasteiger partial charge is 1.00 e. The summed E-state index contributed by atoms with van der Waals surface area (Å²) < 4.78 is 72.6. The number of carboxylic acids is 1. The van der Waals surface area contributed by atoms with Crippen LogP contribution in [0.4, 0.5) is 0 Å². The van der Waals surface area contributed by atoms with Gasteiger partial charge in [-0.3, -0.25) is 9.59 Å². The van der Waals surface area contributed by atoms with Crippen LogP contribution in [-0.4, -0.2) is 163 Å². The van der Waals surface area contributed by atoms with Gasteiger partial charge in [-0.2, -0.15) is 0 Å². The molecule has 9 rings (SSSR count). The normalized spacial score (nSPS) is 9.86. The van der Waals surface area contributed by atoms with Gasteiger partial charge in [-0.15, -0.1) is 0 Å². The summed E-state index contributed by atoms with van der Waals surface area (Å²) in [7, 11) is 6.21. The van der Waals surface area contributed by atoms with Crippen molar-refractivity contribution < 1.29 is 234 Å². The van der Waals surface area contributed by atoms with Crippen LogP contribution >= 0.6 is 15.9 Å². The number of carbonyl (C=O) groups is 6. The van der Waals surface area contributed by atoms with Crippen LogP contribution in [0.3, 0.4) is 0 Å². The number of alkyl halides is 1. The number of carboxylic acid groups (broad SMARTS) is 1. The minimum atomic E-state index is -1.02. The first-order valence-electron chi connectivity index (χ1n) is 34.4. The van der Waals surface area contributed by atoms with Crippen molar-refractivity contribution in [2.75, 3.05) is 99.8 Å². The van der Waals surface area contributed by atoms with Crippen molar-refractivity contribution in [1.82, 2.24) is 0 Å². The van der Waals surface area contributed by atoms with E-state index in [1.807, 2.05) is 109 Å². The number of halogens is 1. The van der Waals surface area contributed by atoms with E-state index in [1.165, 1.54) is 26.4 Å². The van der Waals surface area contributed by atoms with E-state index < -0.39 is 17.9 Å². The molecule has 0 aliphatic rings. The number of ether oxygens (including phenoxy) is 14. The minimum Gasteiger partial charge on any atom is -1.00 e. The third-order valence-corrected chi connectivity index (χ3v) is 13.9. The first kappa shape index (κ1) is 103. The van der Waals surface area contributed by atoms with Crippen molar-refractivity contribution in [3.8, 4) is 69.0 Å². The molecule has 115 heavy (non-hydrogen) atoms. The number of esters is 4. The molecule has 0 saturated carbocycles. The van der Waals surface area contributed by atoms with Crippen LogP contribution in [0.2, 0.25) is 0 Å².